The highest BCUT2D eigenvalue weighted by atomic mass is 19.3. The standard InChI is InChI=1S/C15H9N3O2.C6H11F2N/c16-7-12-1-2-13(6-14(12)20)18-4-3-11-5-10(9-19)8-17-15(11)18;1-9-4-2-6(7,8)3-5-9/h1-6,8-9,20H;2-5H2,1H3. The van der Waals surface area contributed by atoms with E-state index in [1.807, 2.05) is 24.1 Å². The molecule has 0 bridgehead atoms. The minimum Gasteiger partial charge on any atom is -0.506 e. The van der Waals surface area contributed by atoms with Crippen LogP contribution in [0.15, 0.2) is 42.7 Å². The number of carbonyl (C=O) groups is 1. The molecule has 0 atom stereocenters. The van der Waals surface area contributed by atoms with Crippen LogP contribution in [0, 0.1) is 11.3 Å². The second-order valence-electron chi connectivity index (χ2n) is 6.96. The number of piperidine rings is 1. The van der Waals surface area contributed by atoms with E-state index in [9.17, 15) is 18.7 Å². The van der Waals surface area contributed by atoms with E-state index in [2.05, 4.69) is 4.98 Å². The summed E-state index contributed by atoms with van der Waals surface area (Å²) < 4.78 is 26.5. The van der Waals surface area contributed by atoms with Crippen molar-refractivity contribution in [2.75, 3.05) is 20.1 Å². The summed E-state index contributed by atoms with van der Waals surface area (Å²) in [6, 6.07) is 10.3. The van der Waals surface area contributed by atoms with E-state index in [0.717, 1.165) is 11.7 Å². The van der Waals surface area contributed by atoms with E-state index in [4.69, 9.17) is 5.26 Å². The summed E-state index contributed by atoms with van der Waals surface area (Å²) in [6.07, 6.45) is 4.10. The molecular formula is C21H20F2N4O2. The number of likely N-dealkylation sites (tertiary alicyclic amines) is 1. The number of nitriles is 1. The molecular weight excluding hydrogens is 378 g/mol. The number of phenols is 1. The van der Waals surface area contributed by atoms with Crippen molar-refractivity contribution in [2.24, 2.45) is 0 Å². The average molecular weight is 398 g/mol. The Labute approximate surface area is 166 Å². The Kier molecular flexibility index (Phi) is 5.89. The summed E-state index contributed by atoms with van der Waals surface area (Å²) in [7, 11) is 1.87. The topological polar surface area (TPSA) is 82.2 Å². The Morgan fingerprint density at radius 3 is 2.55 bits per heavy atom. The molecule has 3 aromatic rings. The molecule has 1 N–H and O–H groups in total. The van der Waals surface area contributed by atoms with Crippen molar-refractivity contribution in [3.63, 3.8) is 0 Å². The maximum absolute atomic E-state index is 12.4. The number of aromatic hydroxyl groups is 1. The van der Waals surface area contributed by atoms with E-state index >= 15 is 0 Å². The summed E-state index contributed by atoms with van der Waals surface area (Å²) in [6.45, 7) is 1.07. The number of rotatable bonds is 2. The molecule has 1 aliphatic rings. The summed E-state index contributed by atoms with van der Waals surface area (Å²) >= 11 is 0. The largest absolute Gasteiger partial charge is 0.506 e. The van der Waals surface area contributed by atoms with Gasteiger partial charge in [-0.05, 0) is 31.3 Å². The molecule has 150 valence electrons. The second kappa shape index (κ2) is 8.37. The van der Waals surface area contributed by atoms with Crippen LogP contribution in [-0.4, -0.2) is 51.9 Å². The van der Waals surface area contributed by atoms with Gasteiger partial charge in [-0.1, -0.05) is 0 Å². The van der Waals surface area contributed by atoms with Crippen LogP contribution in [0.1, 0.15) is 28.8 Å². The molecule has 0 amide bonds. The third kappa shape index (κ3) is 4.76. The van der Waals surface area contributed by atoms with Gasteiger partial charge in [0.25, 0.3) is 5.92 Å². The first-order chi connectivity index (χ1) is 13.8. The van der Waals surface area contributed by atoms with E-state index in [0.29, 0.717) is 30.0 Å². The number of benzene rings is 1. The Hall–Kier alpha value is -3.31. The fraction of sp³-hybridized carbons (Fsp3) is 0.286. The van der Waals surface area contributed by atoms with E-state index in [1.165, 1.54) is 12.3 Å². The minimum absolute atomic E-state index is 0.0312. The van der Waals surface area contributed by atoms with E-state index in [1.54, 1.807) is 29.0 Å². The number of alkyl halides is 2. The molecule has 0 unspecified atom stereocenters. The third-order valence-electron chi connectivity index (χ3n) is 4.78. The van der Waals surface area contributed by atoms with Gasteiger partial charge in [-0.3, -0.25) is 4.79 Å². The number of hydrogen-bond donors (Lipinski definition) is 1. The monoisotopic (exact) mass is 398 g/mol. The van der Waals surface area contributed by atoms with Crippen LogP contribution in [-0.2, 0) is 0 Å². The number of carbonyl (C=O) groups excluding carboxylic acids is 1. The van der Waals surface area contributed by atoms with Crippen molar-refractivity contribution in [1.29, 1.82) is 5.26 Å². The van der Waals surface area contributed by atoms with Crippen molar-refractivity contribution in [2.45, 2.75) is 18.8 Å². The molecule has 1 saturated heterocycles. The zero-order valence-corrected chi connectivity index (χ0v) is 15.8. The average Bonchev–Trinajstić information content (AvgIpc) is 3.14. The van der Waals surface area contributed by atoms with Crippen molar-refractivity contribution in [3.05, 3.63) is 53.9 Å². The van der Waals surface area contributed by atoms with Gasteiger partial charge in [0.2, 0.25) is 0 Å². The highest BCUT2D eigenvalue weighted by Crippen LogP contribution is 2.26. The van der Waals surface area contributed by atoms with Gasteiger partial charge in [0.1, 0.15) is 17.5 Å². The maximum Gasteiger partial charge on any atom is 0.250 e. The summed E-state index contributed by atoms with van der Waals surface area (Å²) in [5.41, 5.74) is 2.11. The maximum atomic E-state index is 12.4. The normalized spacial score (nSPS) is 15.9. The Balaban J connectivity index is 0.000000224. The lowest BCUT2D eigenvalue weighted by molar-refractivity contribution is -0.0504. The number of nitrogens with zero attached hydrogens (tertiary/aromatic N) is 4. The Morgan fingerprint density at radius 1 is 1.24 bits per heavy atom. The van der Waals surface area contributed by atoms with Gasteiger partial charge in [0, 0.05) is 55.3 Å². The molecule has 0 spiro atoms. The molecule has 3 heterocycles. The molecule has 8 heteroatoms. The molecule has 0 radical (unpaired) electrons. The molecule has 0 aliphatic carbocycles. The zero-order chi connectivity index (χ0) is 21.0. The zero-order valence-electron chi connectivity index (χ0n) is 15.8. The van der Waals surface area contributed by atoms with E-state index in [-0.39, 0.29) is 24.2 Å². The number of aldehydes is 1. The lowest BCUT2D eigenvalue weighted by atomic mass is 10.1. The number of hydrogen-bond acceptors (Lipinski definition) is 5. The molecule has 29 heavy (non-hydrogen) atoms. The van der Waals surface area contributed by atoms with Crippen LogP contribution in [0.4, 0.5) is 8.78 Å². The van der Waals surface area contributed by atoms with Crippen LogP contribution in [0.2, 0.25) is 0 Å². The molecule has 6 nitrogen and oxygen atoms in total. The van der Waals surface area contributed by atoms with Gasteiger partial charge in [-0.25, -0.2) is 13.8 Å². The quantitative estimate of drug-likeness (QED) is 0.665. The first kappa shape index (κ1) is 20.4. The Bertz CT molecular complexity index is 1060. The molecule has 1 fully saturated rings. The number of phenolic OH excluding ortho intramolecular Hbond substituents is 1. The summed E-state index contributed by atoms with van der Waals surface area (Å²) in [4.78, 5) is 16.9. The molecule has 1 aliphatic heterocycles. The van der Waals surface area contributed by atoms with Crippen LogP contribution >= 0.6 is 0 Å². The fourth-order valence-corrected chi connectivity index (χ4v) is 3.02. The summed E-state index contributed by atoms with van der Waals surface area (Å²) in [5.74, 6) is -2.46. The molecule has 4 rings (SSSR count). The van der Waals surface area contributed by atoms with Gasteiger partial charge in [0.05, 0.1) is 11.3 Å². The minimum atomic E-state index is -2.38. The third-order valence-corrected chi connectivity index (χ3v) is 4.78. The molecule has 1 aromatic carbocycles. The second-order valence-corrected chi connectivity index (χ2v) is 6.96. The van der Waals surface area contributed by atoms with Gasteiger partial charge in [0.15, 0.2) is 6.29 Å². The van der Waals surface area contributed by atoms with Crippen LogP contribution in [0.5, 0.6) is 5.75 Å². The predicted molar refractivity (Wildman–Crippen MR) is 105 cm³/mol. The number of pyridine rings is 1. The lowest BCUT2D eigenvalue weighted by Crippen LogP contribution is -2.36. The SMILES string of the molecule is CN1CCC(F)(F)CC1.N#Cc1ccc(-n2ccc3cc(C=O)cnc32)cc1O. The molecule has 2 aromatic heterocycles. The number of fused-ring (bicyclic) bond motifs is 1. The molecule has 0 saturated carbocycles. The fourth-order valence-electron chi connectivity index (χ4n) is 3.02. The van der Waals surface area contributed by atoms with E-state index < -0.39 is 5.92 Å². The van der Waals surface area contributed by atoms with Gasteiger partial charge < -0.3 is 14.6 Å². The number of aromatic nitrogens is 2. The number of halogens is 2. The lowest BCUT2D eigenvalue weighted by Gasteiger charge is -2.28. The van der Waals surface area contributed by atoms with Crippen LogP contribution in [0.3, 0.4) is 0 Å². The smallest absolute Gasteiger partial charge is 0.250 e. The highest BCUT2D eigenvalue weighted by Gasteiger charge is 2.32. The van der Waals surface area contributed by atoms with Crippen molar-refractivity contribution < 1.29 is 18.7 Å². The van der Waals surface area contributed by atoms with Crippen LogP contribution < -0.4 is 0 Å². The first-order valence-corrected chi connectivity index (χ1v) is 9.05. The van der Waals surface area contributed by atoms with Gasteiger partial charge in [-0.2, -0.15) is 5.26 Å². The van der Waals surface area contributed by atoms with Crippen LogP contribution in [0.25, 0.3) is 16.7 Å². The van der Waals surface area contributed by atoms with Crippen molar-refractivity contribution in [1.82, 2.24) is 14.5 Å². The first-order valence-electron chi connectivity index (χ1n) is 9.05. The van der Waals surface area contributed by atoms with Crippen molar-refractivity contribution in [3.8, 4) is 17.5 Å². The van der Waals surface area contributed by atoms with Gasteiger partial charge >= 0.3 is 0 Å². The predicted octanol–water partition coefficient (Wildman–Crippen LogP) is 3.76. The van der Waals surface area contributed by atoms with Gasteiger partial charge in [-0.15, -0.1) is 0 Å². The Morgan fingerprint density at radius 2 is 1.97 bits per heavy atom. The van der Waals surface area contributed by atoms with Crippen molar-refractivity contribution >= 4 is 17.3 Å². The highest BCUT2D eigenvalue weighted by molar-refractivity contribution is 5.85. The summed E-state index contributed by atoms with van der Waals surface area (Å²) in [5, 5.41) is 19.4.